The lowest BCUT2D eigenvalue weighted by molar-refractivity contribution is -0.140. The van der Waals surface area contributed by atoms with Gasteiger partial charge >= 0.3 is 0 Å². The molecular formula is C34H35Br2N3O4S. The number of hydrogen-bond donors (Lipinski definition) is 1. The van der Waals surface area contributed by atoms with Crippen molar-refractivity contribution in [1.29, 1.82) is 0 Å². The van der Waals surface area contributed by atoms with Gasteiger partial charge in [0.25, 0.3) is 10.0 Å². The van der Waals surface area contributed by atoms with Crippen molar-refractivity contribution in [3.8, 4) is 0 Å². The van der Waals surface area contributed by atoms with Crippen molar-refractivity contribution in [2.45, 2.75) is 50.7 Å². The molecule has 44 heavy (non-hydrogen) atoms. The number of hydrogen-bond acceptors (Lipinski definition) is 4. The van der Waals surface area contributed by atoms with Crippen LogP contribution >= 0.6 is 31.9 Å². The molecule has 0 aliphatic heterocycles. The maximum absolute atomic E-state index is 14.5. The molecule has 1 unspecified atom stereocenters. The number of aryl methyl sites for hydroxylation is 1. The predicted octanol–water partition coefficient (Wildman–Crippen LogP) is 6.88. The predicted molar refractivity (Wildman–Crippen MR) is 182 cm³/mol. The van der Waals surface area contributed by atoms with Gasteiger partial charge in [-0.25, -0.2) is 8.42 Å². The van der Waals surface area contributed by atoms with Crippen molar-refractivity contribution in [1.82, 2.24) is 10.2 Å². The summed E-state index contributed by atoms with van der Waals surface area (Å²) < 4.78 is 30.9. The maximum Gasteiger partial charge on any atom is 0.264 e. The first-order valence-corrected chi connectivity index (χ1v) is 17.2. The summed E-state index contributed by atoms with van der Waals surface area (Å²) in [6.07, 6.45) is 0.253. The second kappa shape index (κ2) is 15.0. The maximum atomic E-state index is 14.5. The Bertz CT molecular complexity index is 1680. The largest absolute Gasteiger partial charge is 0.352 e. The minimum atomic E-state index is -4.16. The molecule has 1 N–H and O–H groups in total. The van der Waals surface area contributed by atoms with E-state index >= 15 is 0 Å². The highest BCUT2D eigenvalue weighted by Gasteiger charge is 2.34. The number of rotatable bonds is 12. The van der Waals surface area contributed by atoms with Crippen molar-refractivity contribution in [3.05, 3.63) is 129 Å². The summed E-state index contributed by atoms with van der Waals surface area (Å²) in [5.74, 6) is -0.826. The molecule has 0 fully saturated rings. The molecule has 230 valence electrons. The first-order valence-electron chi connectivity index (χ1n) is 14.2. The fourth-order valence-electron chi connectivity index (χ4n) is 4.72. The number of halogens is 2. The topological polar surface area (TPSA) is 86.8 Å². The standard InChI is InChI=1S/C34H35Br2N3O4S/c1-24(2)37-34(41)32(20-26-8-5-4-6-9-26)38(22-27-14-16-28(35)17-15-27)33(40)23-39(30-11-7-10-29(36)21-30)44(42,43)31-18-12-25(3)13-19-31/h4-19,21,24,32H,20,22-23H2,1-3H3,(H,37,41). The van der Waals surface area contributed by atoms with Gasteiger partial charge in [0.05, 0.1) is 10.6 Å². The molecule has 0 aliphatic carbocycles. The van der Waals surface area contributed by atoms with E-state index in [9.17, 15) is 18.0 Å². The quantitative estimate of drug-likeness (QED) is 0.172. The van der Waals surface area contributed by atoms with E-state index in [0.717, 1.165) is 25.5 Å². The Hall–Kier alpha value is -3.47. The van der Waals surface area contributed by atoms with Gasteiger partial charge in [-0.1, -0.05) is 98.1 Å². The molecule has 10 heteroatoms. The monoisotopic (exact) mass is 739 g/mol. The van der Waals surface area contributed by atoms with Gasteiger partial charge in [-0.05, 0) is 74.4 Å². The molecule has 4 rings (SSSR count). The summed E-state index contributed by atoms with van der Waals surface area (Å²) >= 11 is 6.89. The third-order valence-corrected chi connectivity index (χ3v) is 9.76. The van der Waals surface area contributed by atoms with Crippen molar-refractivity contribution < 1.29 is 18.0 Å². The van der Waals surface area contributed by atoms with Crippen LogP contribution in [0.4, 0.5) is 5.69 Å². The lowest BCUT2D eigenvalue weighted by Crippen LogP contribution is -2.54. The number of amides is 2. The first-order chi connectivity index (χ1) is 20.9. The van der Waals surface area contributed by atoms with Crippen LogP contribution < -0.4 is 9.62 Å². The summed E-state index contributed by atoms with van der Waals surface area (Å²) in [6, 6.07) is 29.2. The Kier molecular flexibility index (Phi) is 11.4. The zero-order chi connectivity index (χ0) is 31.9. The van der Waals surface area contributed by atoms with Gasteiger partial charge in [0.15, 0.2) is 0 Å². The van der Waals surface area contributed by atoms with Crippen molar-refractivity contribution >= 4 is 59.4 Å². The number of nitrogens with zero attached hydrogens (tertiary/aromatic N) is 2. The van der Waals surface area contributed by atoms with E-state index in [1.807, 2.05) is 75.4 Å². The van der Waals surface area contributed by atoms with Gasteiger partial charge in [-0.2, -0.15) is 0 Å². The number of anilines is 1. The Morgan fingerprint density at radius 2 is 1.45 bits per heavy atom. The van der Waals surface area contributed by atoms with E-state index in [-0.39, 0.29) is 29.8 Å². The average molecular weight is 742 g/mol. The van der Waals surface area contributed by atoms with Crippen molar-refractivity contribution in [2.24, 2.45) is 0 Å². The number of sulfonamides is 1. The average Bonchev–Trinajstić information content (AvgIpc) is 2.98. The van der Waals surface area contributed by atoms with E-state index in [0.29, 0.717) is 10.2 Å². The van der Waals surface area contributed by atoms with E-state index < -0.39 is 28.5 Å². The molecule has 4 aromatic rings. The zero-order valence-electron chi connectivity index (χ0n) is 24.8. The molecule has 0 saturated carbocycles. The Balaban J connectivity index is 1.80. The third-order valence-electron chi connectivity index (χ3n) is 6.95. The number of carbonyl (C=O) groups excluding carboxylic acids is 2. The van der Waals surface area contributed by atoms with E-state index in [1.54, 1.807) is 36.4 Å². The van der Waals surface area contributed by atoms with Gasteiger partial charge in [0.2, 0.25) is 11.8 Å². The highest BCUT2D eigenvalue weighted by atomic mass is 79.9. The van der Waals surface area contributed by atoms with Crippen LogP contribution in [0.1, 0.15) is 30.5 Å². The molecule has 0 aliphatic rings. The number of nitrogens with one attached hydrogen (secondary N) is 1. The van der Waals surface area contributed by atoms with Crippen LogP contribution in [0.25, 0.3) is 0 Å². The molecule has 1 atom stereocenters. The molecular weight excluding hydrogens is 706 g/mol. The van der Waals surface area contributed by atoms with Gasteiger partial charge in [0.1, 0.15) is 12.6 Å². The fourth-order valence-corrected chi connectivity index (χ4v) is 6.78. The molecule has 2 amide bonds. The lowest BCUT2D eigenvalue weighted by atomic mass is 10.0. The van der Waals surface area contributed by atoms with Crippen LogP contribution in [0.5, 0.6) is 0 Å². The van der Waals surface area contributed by atoms with E-state index in [4.69, 9.17) is 0 Å². The van der Waals surface area contributed by atoms with Crippen LogP contribution in [-0.2, 0) is 32.6 Å². The summed E-state index contributed by atoms with van der Waals surface area (Å²) in [7, 11) is -4.16. The van der Waals surface area contributed by atoms with Crippen LogP contribution in [0, 0.1) is 6.92 Å². The first kappa shape index (κ1) is 33.4. The molecule has 0 spiro atoms. The molecule has 0 radical (unpaired) electrons. The van der Waals surface area contributed by atoms with Gasteiger partial charge < -0.3 is 10.2 Å². The zero-order valence-corrected chi connectivity index (χ0v) is 28.8. The lowest BCUT2D eigenvalue weighted by Gasteiger charge is -2.34. The van der Waals surface area contributed by atoms with Crippen molar-refractivity contribution in [3.63, 3.8) is 0 Å². The summed E-state index contributed by atoms with van der Waals surface area (Å²) in [4.78, 5) is 29.8. The van der Waals surface area contributed by atoms with Gasteiger partial charge in [-0.15, -0.1) is 0 Å². The van der Waals surface area contributed by atoms with Crippen LogP contribution in [0.2, 0.25) is 0 Å². The van der Waals surface area contributed by atoms with Crippen LogP contribution in [0.15, 0.2) is 117 Å². The summed E-state index contributed by atoms with van der Waals surface area (Å²) in [6.45, 7) is 5.19. The second-order valence-electron chi connectivity index (χ2n) is 10.8. The second-order valence-corrected chi connectivity index (χ2v) is 14.5. The smallest absolute Gasteiger partial charge is 0.264 e. The summed E-state index contributed by atoms with van der Waals surface area (Å²) in [5, 5.41) is 2.97. The minimum absolute atomic E-state index is 0.0636. The molecule has 0 aromatic heterocycles. The molecule has 0 saturated heterocycles. The highest BCUT2D eigenvalue weighted by Crippen LogP contribution is 2.27. The van der Waals surface area contributed by atoms with Gasteiger partial charge in [-0.3, -0.25) is 13.9 Å². The molecule has 4 aromatic carbocycles. The Labute approximate surface area is 276 Å². The SMILES string of the molecule is Cc1ccc(S(=O)(=O)N(CC(=O)N(Cc2ccc(Br)cc2)C(Cc2ccccc2)C(=O)NC(C)C)c2cccc(Br)c2)cc1. The van der Waals surface area contributed by atoms with Crippen molar-refractivity contribution in [2.75, 3.05) is 10.8 Å². The number of carbonyl (C=O) groups is 2. The third kappa shape index (κ3) is 8.80. The summed E-state index contributed by atoms with van der Waals surface area (Å²) in [5.41, 5.74) is 2.91. The minimum Gasteiger partial charge on any atom is -0.352 e. The number of benzene rings is 4. The molecule has 0 bridgehead atoms. The Morgan fingerprint density at radius 3 is 2.07 bits per heavy atom. The van der Waals surface area contributed by atoms with Gasteiger partial charge in [0, 0.05) is 28.0 Å². The van der Waals surface area contributed by atoms with E-state index in [2.05, 4.69) is 37.2 Å². The fraction of sp³-hybridized carbons (Fsp3) is 0.235. The van der Waals surface area contributed by atoms with E-state index in [1.165, 1.54) is 17.0 Å². The van der Waals surface area contributed by atoms with Crippen LogP contribution in [-0.4, -0.2) is 43.8 Å². The van der Waals surface area contributed by atoms with Crippen LogP contribution in [0.3, 0.4) is 0 Å². The molecule has 0 heterocycles. The Morgan fingerprint density at radius 1 is 0.795 bits per heavy atom. The normalized spacial score (nSPS) is 12.0. The highest BCUT2D eigenvalue weighted by molar-refractivity contribution is 9.10. The molecule has 7 nitrogen and oxygen atoms in total.